The average molecular weight is 259 g/mol. The van der Waals surface area contributed by atoms with Crippen LogP contribution >= 0.6 is 0 Å². The smallest absolute Gasteiger partial charge is 0.471 e. The van der Waals surface area contributed by atoms with Crippen LogP contribution in [0.4, 0.5) is 18.9 Å². The number of nitrogens with zero attached hydrogens (tertiary/aromatic N) is 2. The van der Waals surface area contributed by atoms with E-state index < -0.39 is 12.1 Å². The van der Waals surface area contributed by atoms with Gasteiger partial charge >= 0.3 is 12.1 Å². The molecule has 0 saturated carbocycles. The molecule has 0 atom stereocenters. The highest BCUT2D eigenvalue weighted by atomic mass is 19.4. The first-order chi connectivity index (χ1) is 8.41. The standard InChI is InChI=1S/C10H8F3N3O2/c1-17-7-4-5(14)2-3-6(7)8-15-9(18-16-8)10(11,12)13/h2-4H,14H2,1H3. The quantitative estimate of drug-likeness (QED) is 0.838. The molecule has 0 aliphatic carbocycles. The van der Waals surface area contributed by atoms with E-state index in [2.05, 4.69) is 14.7 Å². The molecule has 0 unspecified atom stereocenters. The lowest BCUT2D eigenvalue weighted by Crippen LogP contribution is -2.04. The molecule has 1 aromatic carbocycles. The summed E-state index contributed by atoms with van der Waals surface area (Å²) in [5.41, 5.74) is 6.21. The summed E-state index contributed by atoms with van der Waals surface area (Å²) in [6.45, 7) is 0. The van der Waals surface area contributed by atoms with E-state index in [9.17, 15) is 13.2 Å². The van der Waals surface area contributed by atoms with Crippen molar-refractivity contribution in [2.75, 3.05) is 12.8 Å². The third-order valence-corrected chi connectivity index (χ3v) is 2.14. The lowest BCUT2D eigenvalue weighted by molar-refractivity contribution is -0.159. The number of ether oxygens (including phenoxy) is 1. The van der Waals surface area contributed by atoms with Crippen LogP contribution in [0, 0.1) is 0 Å². The average Bonchev–Trinajstić information content (AvgIpc) is 2.77. The van der Waals surface area contributed by atoms with Crippen molar-refractivity contribution in [2.24, 2.45) is 0 Å². The number of rotatable bonds is 2. The molecule has 18 heavy (non-hydrogen) atoms. The van der Waals surface area contributed by atoms with Crippen LogP contribution in [0.1, 0.15) is 5.89 Å². The number of hydrogen-bond acceptors (Lipinski definition) is 5. The molecule has 0 fully saturated rings. The first-order valence-electron chi connectivity index (χ1n) is 4.76. The van der Waals surface area contributed by atoms with Gasteiger partial charge in [0.1, 0.15) is 5.75 Å². The molecule has 2 N–H and O–H groups in total. The van der Waals surface area contributed by atoms with E-state index in [1.807, 2.05) is 0 Å². The maximum absolute atomic E-state index is 12.3. The topological polar surface area (TPSA) is 74.2 Å². The molecule has 96 valence electrons. The zero-order valence-electron chi connectivity index (χ0n) is 9.15. The third-order valence-electron chi connectivity index (χ3n) is 2.14. The van der Waals surface area contributed by atoms with Crippen LogP contribution in [0.5, 0.6) is 5.75 Å². The van der Waals surface area contributed by atoms with Gasteiger partial charge in [-0.1, -0.05) is 5.16 Å². The Morgan fingerprint density at radius 2 is 2.06 bits per heavy atom. The summed E-state index contributed by atoms with van der Waals surface area (Å²) >= 11 is 0. The first-order valence-corrected chi connectivity index (χ1v) is 4.76. The summed E-state index contributed by atoms with van der Waals surface area (Å²) < 4.78 is 46.1. The van der Waals surface area contributed by atoms with Gasteiger partial charge in [-0.15, -0.1) is 0 Å². The highest BCUT2D eigenvalue weighted by Crippen LogP contribution is 2.33. The largest absolute Gasteiger partial charge is 0.496 e. The van der Waals surface area contributed by atoms with Crippen molar-refractivity contribution in [3.8, 4) is 17.1 Å². The van der Waals surface area contributed by atoms with Crippen molar-refractivity contribution < 1.29 is 22.4 Å². The fourth-order valence-corrected chi connectivity index (χ4v) is 1.34. The molecule has 1 heterocycles. The van der Waals surface area contributed by atoms with Gasteiger partial charge in [0.15, 0.2) is 0 Å². The van der Waals surface area contributed by atoms with Crippen molar-refractivity contribution in [3.05, 3.63) is 24.1 Å². The molecule has 0 radical (unpaired) electrons. The van der Waals surface area contributed by atoms with Crippen LogP contribution < -0.4 is 10.5 Å². The molecule has 2 rings (SSSR count). The minimum absolute atomic E-state index is 0.209. The molecule has 2 aromatic rings. The Labute approximate surface area is 99.4 Å². The van der Waals surface area contributed by atoms with E-state index in [0.717, 1.165) is 0 Å². The van der Waals surface area contributed by atoms with Crippen molar-refractivity contribution >= 4 is 5.69 Å². The summed E-state index contributed by atoms with van der Waals surface area (Å²) in [5, 5.41) is 3.26. The minimum atomic E-state index is -4.67. The molecule has 1 aromatic heterocycles. The molecule has 0 amide bonds. The molecule has 0 aliphatic heterocycles. The summed E-state index contributed by atoms with van der Waals surface area (Å²) in [7, 11) is 1.36. The number of nitrogens with two attached hydrogens (primary N) is 1. The number of alkyl halides is 3. The zero-order chi connectivity index (χ0) is 13.3. The number of benzene rings is 1. The predicted octanol–water partition coefficient (Wildman–Crippen LogP) is 2.35. The number of aromatic nitrogens is 2. The van der Waals surface area contributed by atoms with Crippen molar-refractivity contribution in [1.82, 2.24) is 10.1 Å². The zero-order valence-corrected chi connectivity index (χ0v) is 9.15. The Morgan fingerprint density at radius 3 is 2.61 bits per heavy atom. The van der Waals surface area contributed by atoms with Gasteiger partial charge in [0.2, 0.25) is 5.82 Å². The molecule has 0 bridgehead atoms. The highest BCUT2D eigenvalue weighted by molar-refractivity contribution is 5.67. The Hall–Kier alpha value is -2.25. The van der Waals surface area contributed by atoms with Crippen molar-refractivity contribution in [2.45, 2.75) is 6.18 Å². The summed E-state index contributed by atoms with van der Waals surface area (Å²) in [4.78, 5) is 3.27. The van der Waals surface area contributed by atoms with Crippen LogP contribution in [0.15, 0.2) is 22.7 Å². The Bertz CT molecular complexity index is 566. The van der Waals surface area contributed by atoms with Gasteiger partial charge in [0.05, 0.1) is 12.7 Å². The maximum Gasteiger partial charge on any atom is 0.471 e. The summed E-state index contributed by atoms with van der Waals surface area (Å²) in [6, 6.07) is 4.42. The van der Waals surface area contributed by atoms with Crippen LogP contribution in [0.25, 0.3) is 11.4 Å². The van der Waals surface area contributed by atoms with Gasteiger partial charge in [-0.05, 0) is 12.1 Å². The number of nitrogen functional groups attached to an aromatic ring is 1. The fourth-order valence-electron chi connectivity index (χ4n) is 1.34. The molecule has 0 aliphatic rings. The van der Waals surface area contributed by atoms with E-state index >= 15 is 0 Å². The molecule has 0 saturated heterocycles. The monoisotopic (exact) mass is 259 g/mol. The first kappa shape index (κ1) is 12.2. The molecule has 5 nitrogen and oxygen atoms in total. The molecule has 8 heteroatoms. The lowest BCUT2D eigenvalue weighted by Gasteiger charge is -2.05. The van der Waals surface area contributed by atoms with Gasteiger partial charge in [-0.2, -0.15) is 18.2 Å². The van der Waals surface area contributed by atoms with Gasteiger partial charge in [0.25, 0.3) is 0 Å². The minimum Gasteiger partial charge on any atom is -0.496 e. The van der Waals surface area contributed by atoms with Crippen molar-refractivity contribution in [1.29, 1.82) is 0 Å². The Kier molecular flexibility index (Phi) is 2.85. The van der Waals surface area contributed by atoms with Gasteiger partial charge in [-0.3, -0.25) is 0 Å². The molecule has 0 spiro atoms. The Morgan fingerprint density at radius 1 is 1.33 bits per heavy atom. The molecular formula is C10H8F3N3O2. The van der Waals surface area contributed by atoms with E-state index in [1.54, 1.807) is 0 Å². The van der Waals surface area contributed by atoms with Crippen LogP contribution in [0.3, 0.4) is 0 Å². The predicted molar refractivity (Wildman–Crippen MR) is 55.7 cm³/mol. The van der Waals surface area contributed by atoms with Crippen LogP contribution in [0.2, 0.25) is 0 Å². The second kappa shape index (κ2) is 4.21. The van der Waals surface area contributed by atoms with E-state index in [1.165, 1.54) is 25.3 Å². The van der Waals surface area contributed by atoms with Gasteiger partial charge in [0, 0.05) is 11.8 Å². The second-order valence-corrected chi connectivity index (χ2v) is 3.38. The fraction of sp³-hybridized carbons (Fsp3) is 0.200. The van der Waals surface area contributed by atoms with E-state index in [0.29, 0.717) is 5.69 Å². The normalized spacial score (nSPS) is 11.6. The summed E-state index contributed by atoms with van der Waals surface area (Å²) in [6.07, 6.45) is -4.67. The van der Waals surface area contributed by atoms with Gasteiger partial charge in [-0.25, -0.2) is 0 Å². The second-order valence-electron chi connectivity index (χ2n) is 3.38. The van der Waals surface area contributed by atoms with Gasteiger partial charge < -0.3 is 15.0 Å². The van der Waals surface area contributed by atoms with Crippen molar-refractivity contribution in [3.63, 3.8) is 0 Å². The maximum atomic E-state index is 12.3. The van der Waals surface area contributed by atoms with Crippen LogP contribution in [-0.4, -0.2) is 17.3 Å². The number of methoxy groups -OCH3 is 1. The molecular weight excluding hydrogens is 251 g/mol. The number of anilines is 1. The highest BCUT2D eigenvalue weighted by Gasteiger charge is 2.38. The Balaban J connectivity index is 2.46. The summed E-state index contributed by atoms with van der Waals surface area (Å²) in [5.74, 6) is -1.35. The SMILES string of the molecule is COc1cc(N)ccc1-c1noc(C(F)(F)F)n1. The number of hydrogen-bond donors (Lipinski definition) is 1. The van der Waals surface area contributed by atoms with E-state index in [-0.39, 0.29) is 17.1 Å². The third kappa shape index (κ3) is 2.22. The lowest BCUT2D eigenvalue weighted by atomic mass is 10.1. The van der Waals surface area contributed by atoms with Crippen LogP contribution in [-0.2, 0) is 6.18 Å². The van der Waals surface area contributed by atoms with E-state index in [4.69, 9.17) is 10.5 Å². The number of halogens is 3.